The Kier molecular flexibility index (Phi) is 5.95. The number of aromatic nitrogens is 2. The summed E-state index contributed by atoms with van der Waals surface area (Å²) in [6.45, 7) is 3.14. The highest BCUT2D eigenvalue weighted by molar-refractivity contribution is 5.69. The number of hydrogen-bond donors (Lipinski definition) is 1. The molecule has 5 nitrogen and oxygen atoms in total. The number of para-hydroxylation sites is 1. The van der Waals surface area contributed by atoms with Gasteiger partial charge in [0, 0.05) is 37.1 Å². The summed E-state index contributed by atoms with van der Waals surface area (Å²) in [5.41, 5.74) is 3.24. The van der Waals surface area contributed by atoms with E-state index in [9.17, 15) is 0 Å². The summed E-state index contributed by atoms with van der Waals surface area (Å²) >= 11 is 0. The molecule has 4 rings (SSSR count). The molecule has 0 fully saturated rings. The molecule has 0 bridgehead atoms. The van der Waals surface area contributed by atoms with Crippen LogP contribution in [0.1, 0.15) is 17.5 Å². The van der Waals surface area contributed by atoms with Crippen LogP contribution >= 0.6 is 0 Å². The van der Waals surface area contributed by atoms with Crippen LogP contribution in [0.4, 0.5) is 17.5 Å². The number of hydrogen-bond acceptors (Lipinski definition) is 5. The summed E-state index contributed by atoms with van der Waals surface area (Å²) in [4.78, 5) is 11.5. The number of fused-ring (bicyclic) bond motifs is 1. The molecule has 142 valence electrons. The van der Waals surface area contributed by atoms with Gasteiger partial charge in [-0.3, -0.25) is 0 Å². The Labute approximate surface area is 165 Å². The smallest absolute Gasteiger partial charge is 0.229 e. The van der Waals surface area contributed by atoms with Crippen molar-refractivity contribution in [2.24, 2.45) is 0 Å². The van der Waals surface area contributed by atoms with E-state index in [4.69, 9.17) is 9.72 Å². The van der Waals surface area contributed by atoms with E-state index < -0.39 is 0 Å². The lowest BCUT2D eigenvalue weighted by Gasteiger charge is -2.27. The lowest BCUT2D eigenvalue weighted by Crippen LogP contribution is -2.29. The van der Waals surface area contributed by atoms with Gasteiger partial charge in [0.15, 0.2) is 0 Å². The van der Waals surface area contributed by atoms with E-state index in [1.807, 2.05) is 54.7 Å². The molecular formula is C23H24N4O. The highest BCUT2D eigenvalue weighted by Crippen LogP contribution is 2.25. The average Bonchev–Trinajstić information content (AvgIpc) is 2.75. The van der Waals surface area contributed by atoms with Crippen molar-refractivity contribution in [2.75, 3.05) is 29.9 Å². The van der Waals surface area contributed by atoms with Gasteiger partial charge in [0.1, 0.15) is 5.82 Å². The average molecular weight is 372 g/mol. The fraction of sp³-hybridized carbons (Fsp3) is 0.217. The number of nitrogens with one attached hydrogen (secondary N) is 1. The number of rotatable bonds is 8. The molecule has 0 atom stereocenters. The summed E-state index contributed by atoms with van der Waals surface area (Å²) in [6, 6.07) is 20.3. The molecule has 1 aromatic heterocycles. The largest absolute Gasteiger partial charge is 0.377 e. The van der Waals surface area contributed by atoms with Crippen molar-refractivity contribution in [3.63, 3.8) is 0 Å². The zero-order chi connectivity index (χ0) is 19.0. The Balaban J connectivity index is 1.33. The van der Waals surface area contributed by atoms with Gasteiger partial charge in [-0.15, -0.1) is 0 Å². The first-order chi connectivity index (χ1) is 13.9. The predicted octanol–water partition coefficient (Wildman–Crippen LogP) is 4.66. The van der Waals surface area contributed by atoms with Crippen LogP contribution in [-0.2, 0) is 11.3 Å². The molecule has 5 heteroatoms. The molecule has 1 N–H and O–H groups in total. The third kappa shape index (κ3) is 4.75. The Bertz CT molecular complexity index is 912. The van der Waals surface area contributed by atoms with E-state index in [0.29, 0.717) is 12.6 Å². The molecule has 3 aromatic rings. The second-order valence-corrected chi connectivity index (χ2v) is 6.70. The molecule has 0 spiro atoms. The van der Waals surface area contributed by atoms with E-state index >= 15 is 0 Å². The monoisotopic (exact) mass is 372 g/mol. The third-order valence-corrected chi connectivity index (χ3v) is 4.58. The Morgan fingerprint density at radius 3 is 2.61 bits per heavy atom. The molecule has 0 aliphatic carbocycles. The van der Waals surface area contributed by atoms with Gasteiger partial charge in [0.05, 0.1) is 6.61 Å². The SMILES string of the molecule is C1=Cc2cnc(Nc3ccccc3)nc2N(CCCOCc2ccccc2)C1. The Hall–Kier alpha value is -3.18. The molecule has 2 aromatic carbocycles. The lowest BCUT2D eigenvalue weighted by molar-refractivity contribution is 0.119. The van der Waals surface area contributed by atoms with Crippen LogP contribution in [-0.4, -0.2) is 29.7 Å². The van der Waals surface area contributed by atoms with Crippen LogP contribution in [0.25, 0.3) is 6.08 Å². The quantitative estimate of drug-likeness (QED) is 0.583. The molecule has 0 amide bonds. The van der Waals surface area contributed by atoms with Gasteiger partial charge in [0.2, 0.25) is 5.95 Å². The number of anilines is 3. The second kappa shape index (κ2) is 9.15. The first-order valence-corrected chi connectivity index (χ1v) is 9.61. The summed E-state index contributed by atoms with van der Waals surface area (Å²) in [6.07, 6.45) is 7.07. The van der Waals surface area contributed by atoms with Crippen molar-refractivity contribution in [3.05, 3.63) is 84.1 Å². The minimum Gasteiger partial charge on any atom is -0.377 e. The van der Waals surface area contributed by atoms with Gasteiger partial charge in [0.25, 0.3) is 0 Å². The van der Waals surface area contributed by atoms with Crippen LogP contribution in [0.5, 0.6) is 0 Å². The standard InChI is InChI=1S/C23H24N4O/c1-3-9-19(10-4-1)18-28-16-8-15-27-14-7-11-20-17-24-23(26-22(20)27)25-21-12-5-2-6-13-21/h1-7,9-13,17H,8,14-16,18H2,(H,24,25,26). The van der Waals surface area contributed by atoms with E-state index in [0.717, 1.165) is 43.2 Å². The van der Waals surface area contributed by atoms with Crippen LogP contribution in [0.3, 0.4) is 0 Å². The number of nitrogens with zero attached hydrogens (tertiary/aromatic N) is 3. The van der Waals surface area contributed by atoms with E-state index in [1.165, 1.54) is 5.56 Å². The van der Waals surface area contributed by atoms with Crippen LogP contribution < -0.4 is 10.2 Å². The summed E-state index contributed by atoms with van der Waals surface area (Å²) in [7, 11) is 0. The molecule has 0 saturated heterocycles. The van der Waals surface area contributed by atoms with Crippen molar-refractivity contribution in [1.29, 1.82) is 0 Å². The second-order valence-electron chi connectivity index (χ2n) is 6.70. The minimum atomic E-state index is 0.616. The molecule has 1 aliphatic heterocycles. The molecule has 28 heavy (non-hydrogen) atoms. The minimum absolute atomic E-state index is 0.616. The van der Waals surface area contributed by atoms with Gasteiger partial charge in [-0.1, -0.05) is 60.7 Å². The highest BCUT2D eigenvalue weighted by atomic mass is 16.5. The van der Waals surface area contributed by atoms with Crippen LogP contribution in [0.15, 0.2) is 72.9 Å². The topological polar surface area (TPSA) is 50.3 Å². The maximum atomic E-state index is 5.81. The third-order valence-electron chi connectivity index (χ3n) is 4.58. The molecule has 0 saturated carbocycles. The molecular weight excluding hydrogens is 348 g/mol. The number of benzene rings is 2. The molecule has 2 heterocycles. The van der Waals surface area contributed by atoms with Gasteiger partial charge in [-0.25, -0.2) is 4.98 Å². The Morgan fingerprint density at radius 2 is 1.79 bits per heavy atom. The van der Waals surface area contributed by atoms with Crippen LogP contribution in [0.2, 0.25) is 0 Å². The summed E-state index contributed by atoms with van der Waals surface area (Å²) < 4.78 is 5.81. The van der Waals surface area contributed by atoms with Crippen molar-refractivity contribution < 1.29 is 4.74 Å². The zero-order valence-corrected chi connectivity index (χ0v) is 15.8. The van der Waals surface area contributed by atoms with E-state index in [-0.39, 0.29) is 0 Å². The fourth-order valence-corrected chi connectivity index (χ4v) is 3.18. The zero-order valence-electron chi connectivity index (χ0n) is 15.8. The van der Waals surface area contributed by atoms with E-state index in [1.54, 1.807) is 0 Å². The normalized spacial score (nSPS) is 12.6. The van der Waals surface area contributed by atoms with Crippen molar-refractivity contribution >= 4 is 23.5 Å². The van der Waals surface area contributed by atoms with Gasteiger partial charge in [-0.2, -0.15) is 4.98 Å². The van der Waals surface area contributed by atoms with Gasteiger partial charge < -0.3 is 15.0 Å². The maximum absolute atomic E-state index is 5.81. The summed E-state index contributed by atoms with van der Waals surface area (Å²) in [5, 5.41) is 3.27. The number of ether oxygens (including phenoxy) is 1. The first-order valence-electron chi connectivity index (χ1n) is 9.61. The molecule has 0 unspecified atom stereocenters. The van der Waals surface area contributed by atoms with Crippen LogP contribution in [0, 0.1) is 0 Å². The van der Waals surface area contributed by atoms with Crippen molar-refractivity contribution in [2.45, 2.75) is 13.0 Å². The highest BCUT2D eigenvalue weighted by Gasteiger charge is 2.16. The van der Waals surface area contributed by atoms with Gasteiger partial charge >= 0.3 is 0 Å². The lowest BCUT2D eigenvalue weighted by atomic mass is 10.2. The van der Waals surface area contributed by atoms with Crippen molar-refractivity contribution in [3.8, 4) is 0 Å². The maximum Gasteiger partial charge on any atom is 0.229 e. The molecule has 1 aliphatic rings. The fourth-order valence-electron chi connectivity index (χ4n) is 3.18. The van der Waals surface area contributed by atoms with E-state index in [2.05, 4.69) is 39.5 Å². The van der Waals surface area contributed by atoms with Crippen molar-refractivity contribution in [1.82, 2.24) is 9.97 Å². The predicted molar refractivity (Wildman–Crippen MR) is 114 cm³/mol. The first kappa shape index (κ1) is 18.2. The van der Waals surface area contributed by atoms with Gasteiger partial charge in [-0.05, 0) is 24.1 Å². The molecule has 0 radical (unpaired) electrons. The Morgan fingerprint density at radius 1 is 1.00 bits per heavy atom. The summed E-state index contributed by atoms with van der Waals surface area (Å²) in [5.74, 6) is 1.59.